The van der Waals surface area contributed by atoms with Crippen LogP contribution in [0, 0.1) is 11.3 Å². The second kappa shape index (κ2) is 11.0. The number of nitrogens with one attached hydrogen (secondary N) is 2. The molecule has 1 amide bonds. The largest absolute Gasteiger partial charge is 0.462 e. The number of anilines is 1. The number of rotatable bonds is 8. The molecule has 10 heteroatoms. The van der Waals surface area contributed by atoms with Gasteiger partial charge in [0.05, 0.1) is 12.2 Å². The second-order valence-corrected chi connectivity index (χ2v) is 12.0. The number of fused-ring (bicyclic) bond motifs is 1. The molecular formula is C26H32N3O5S2+. The van der Waals surface area contributed by atoms with Crippen LogP contribution in [0.2, 0.25) is 0 Å². The normalized spacial score (nSPS) is 15.4. The van der Waals surface area contributed by atoms with Crippen LogP contribution in [-0.4, -0.2) is 29.5 Å². The van der Waals surface area contributed by atoms with Gasteiger partial charge in [0.2, 0.25) is 11.6 Å². The molecule has 0 saturated carbocycles. The highest BCUT2D eigenvalue weighted by atomic mass is 32.2. The smallest absolute Gasteiger partial charge is 0.442 e. The number of carbonyl (C=O) groups excluding carboxylic acids is 2. The molecule has 0 bridgehead atoms. The zero-order valence-corrected chi connectivity index (χ0v) is 22.6. The first-order chi connectivity index (χ1) is 17.2. The van der Waals surface area contributed by atoms with Crippen LogP contribution in [0.5, 0.6) is 0 Å². The van der Waals surface area contributed by atoms with E-state index in [-0.39, 0.29) is 30.3 Å². The van der Waals surface area contributed by atoms with Crippen LogP contribution in [0.25, 0.3) is 5.69 Å². The first-order valence-corrected chi connectivity index (χ1v) is 13.9. The van der Waals surface area contributed by atoms with Gasteiger partial charge < -0.3 is 10.1 Å². The standard InChI is InChI=1S/C26H31N3O5S2/c1-5-33-24(31)21-18-12-11-16(26(2,3)4)15-19(18)36-22(21)27-20(30)13-14-35-23-25(32)34-28-29(23)17-9-7-6-8-10-17/h6-10,16H,5,11-15H2,1-4H3,(H-,27,28,30,31,32)/p+1. The van der Waals surface area contributed by atoms with Crippen molar-refractivity contribution >= 4 is 40.0 Å². The highest BCUT2D eigenvalue weighted by Gasteiger charge is 2.34. The molecule has 2 aromatic heterocycles. The Balaban J connectivity index is 1.46. The number of hydrogen-bond donors (Lipinski definition) is 2. The molecule has 1 aliphatic carbocycles. The van der Waals surface area contributed by atoms with E-state index in [4.69, 9.17) is 9.26 Å². The zero-order chi connectivity index (χ0) is 25.9. The number of hydrogen-bond acceptors (Lipinski definition) is 7. The minimum Gasteiger partial charge on any atom is -0.462 e. The van der Waals surface area contributed by atoms with Crippen LogP contribution in [0.3, 0.4) is 0 Å². The Morgan fingerprint density at radius 1 is 1.28 bits per heavy atom. The van der Waals surface area contributed by atoms with Crippen molar-refractivity contribution in [3.05, 3.63) is 56.8 Å². The molecule has 0 fully saturated rings. The zero-order valence-electron chi connectivity index (χ0n) is 21.0. The lowest BCUT2D eigenvalue weighted by Crippen LogP contribution is -2.36. The summed E-state index contributed by atoms with van der Waals surface area (Å²) in [5.41, 5.74) is 1.95. The number of para-hydroxylation sites is 1. The molecule has 0 saturated heterocycles. The van der Waals surface area contributed by atoms with Gasteiger partial charge in [-0.3, -0.25) is 9.32 Å². The van der Waals surface area contributed by atoms with Crippen molar-refractivity contribution in [1.82, 2.24) is 5.27 Å². The Morgan fingerprint density at radius 3 is 2.72 bits per heavy atom. The molecule has 0 aliphatic heterocycles. The molecule has 1 atom stereocenters. The molecule has 0 spiro atoms. The predicted molar refractivity (Wildman–Crippen MR) is 140 cm³/mol. The lowest BCUT2D eigenvalue weighted by molar-refractivity contribution is -0.704. The summed E-state index contributed by atoms with van der Waals surface area (Å²) in [7, 11) is 0. The fourth-order valence-electron chi connectivity index (χ4n) is 4.40. The molecule has 1 aromatic carbocycles. The van der Waals surface area contributed by atoms with Gasteiger partial charge >= 0.3 is 16.6 Å². The van der Waals surface area contributed by atoms with E-state index in [9.17, 15) is 14.4 Å². The van der Waals surface area contributed by atoms with Crippen LogP contribution in [0.4, 0.5) is 5.00 Å². The molecule has 192 valence electrons. The van der Waals surface area contributed by atoms with Gasteiger partial charge in [0.25, 0.3) is 0 Å². The molecule has 2 heterocycles. The van der Waals surface area contributed by atoms with E-state index in [1.54, 1.807) is 11.6 Å². The lowest BCUT2D eigenvalue weighted by Gasteiger charge is -2.33. The van der Waals surface area contributed by atoms with Gasteiger partial charge in [0.1, 0.15) is 5.00 Å². The van der Waals surface area contributed by atoms with Gasteiger partial charge in [-0.05, 0) is 64.8 Å². The summed E-state index contributed by atoms with van der Waals surface area (Å²) in [6.45, 7) is 8.79. The lowest BCUT2D eigenvalue weighted by atomic mass is 9.72. The summed E-state index contributed by atoms with van der Waals surface area (Å²) in [6.07, 6.45) is 2.87. The summed E-state index contributed by atoms with van der Waals surface area (Å²) in [4.78, 5) is 39.0. The molecule has 1 unspecified atom stereocenters. The molecule has 4 rings (SSSR count). The number of aromatic amines is 1. The van der Waals surface area contributed by atoms with Crippen molar-refractivity contribution in [3.8, 4) is 5.69 Å². The minimum atomic E-state index is -0.492. The Labute approximate surface area is 218 Å². The molecule has 36 heavy (non-hydrogen) atoms. The summed E-state index contributed by atoms with van der Waals surface area (Å²) in [5.74, 6) is 0.281. The van der Waals surface area contributed by atoms with Gasteiger partial charge in [0, 0.05) is 29.2 Å². The van der Waals surface area contributed by atoms with Crippen molar-refractivity contribution in [3.63, 3.8) is 0 Å². The third kappa shape index (κ3) is 5.75. The molecule has 1 aliphatic rings. The number of benzene rings is 1. The summed E-state index contributed by atoms with van der Waals surface area (Å²) in [5, 5.41) is 6.47. The van der Waals surface area contributed by atoms with Crippen LogP contribution in [0.15, 0.2) is 44.7 Å². The average molecular weight is 531 g/mol. The third-order valence-corrected chi connectivity index (χ3v) is 8.61. The topological polar surface area (TPSA) is 105 Å². The van der Waals surface area contributed by atoms with Gasteiger partial charge in [-0.15, -0.1) is 11.3 Å². The van der Waals surface area contributed by atoms with Gasteiger partial charge in [-0.2, -0.15) is 0 Å². The quantitative estimate of drug-likeness (QED) is 0.247. The minimum absolute atomic E-state index is 0.166. The molecular weight excluding hydrogens is 498 g/mol. The molecule has 8 nitrogen and oxygen atoms in total. The number of nitrogens with zero attached hydrogens (tertiary/aromatic N) is 1. The van der Waals surface area contributed by atoms with Crippen LogP contribution >= 0.6 is 23.1 Å². The van der Waals surface area contributed by atoms with Gasteiger partial charge in [0.15, 0.2) is 0 Å². The Kier molecular flexibility index (Phi) is 8.04. The number of aromatic nitrogens is 2. The van der Waals surface area contributed by atoms with E-state index in [2.05, 4.69) is 31.4 Å². The van der Waals surface area contributed by atoms with Crippen molar-refractivity contribution in [2.24, 2.45) is 11.3 Å². The van der Waals surface area contributed by atoms with Gasteiger partial charge in [-0.25, -0.2) is 9.59 Å². The monoisotopic (exact) mass is 530 g/mol. The van der Waals surface area contributed by atoms with Crippen LogP contribution < -0.4 is 15.6 Å². The van der Waals surface area contributed by atoms with Crippen LogP contribution in [0.1, 0.15) is 61.3 Å². The van der Waals surface area contributed by atoms with E-state index in [1.165, 1.54) is 23.1 Å². The number of carbonyl (C=O) groups is 2. The number of thiophene rings is 1. The second-order valence-electron chi connectivity index (χ2n) is 9.84. The maximum absolute atomic E-state index is 12.9. The SMILES string of the molecule is CCOC(=O)c1c(NC(=O)CCSc2c(=O)o[nH][n+]2-c2ccccc2)sc2c1CCC(C(C)(C)C)C2. The fourth-order valence-corrected chi connectivity index (χ4v) is 6.64. The Hall–Kier alpha value is -2.85. The summed E-state index contributed by atoms with van der Waals surface area (Å²) in [6, 6.07) is 9.31. The van der Waals surface area contributed by atoms with E-state index in [1.807, 2.05) is 30.3 Å². The summed E-state index contributed by atoms with van der Waals surface area (Å²) >= 11 is 2.72. The first-order valence-electron chi connectivity index (χ1n) is 12.1. The number of amides is 1. The molecule has 3 aromatic rings. The predicted octanol–water partition coefficient (Wildman–Crippen LogP) is 4.75. The Bertz CT molecular complexity index is 1290. The first kappa shape index (κ1) is 26.2. The van der Waals surface area contributed by atoms with E-state index >= 15 is 0 Å². The molecule has 0 radical (unpaired) electrons. The van der Waals surface area contributed by atoms with Crippen LogP contribution in [-0.2, 0) is 22.4 Å². The van der Waals surface area contributed by atoms with E-state index < -0.39 is 5.63 Å². The van der Waals surface area contributed by atoms with Crippen molar-refractivity contribution in [2.75, 3.05) is 17.7 Å². The number of ether oxygens (including phenoxy) is 1. The fraction of sp³-hybridized carbons (Fsp3) is 0.462. The van der Waals surface area contributed by atoms with Crippen molar-refractivity contribution in [2.45, 2.75) is 58.4 Å². The van der Waals surface area contributed by atoms with Crippen molar-refractivity contribution in [1.29, 1.82) is 0 Å². The maximum Gasteiger partial charge on any atom is 0.442 e. The third-order valence-electron chi connectivity index (χ3n) is 6.41. The number of esters is 1. The number of H-pyrrole nitrogens is 1. The highest BCUT2D eigenvalue weighted by molar-refractivity contribution is 7.99. The highest BCUT2D eigenvalue weighted by Crippen LogP contribution is 2.44. The van der Waals surface area contributed by atoms with Crippen molar-refractivity contribution < 1.29 is 23.5 Å². The van der Waals surface area contributed by atoms with Gasteiger partial charge in [-0.1, -0.05) is 39.0 Å². The average Bonchev–Trinajstić information content (AvgIpc) is 3.38. The summed E-state index contributed by atoms with van der Waals surface area (Å²) < 4.78 is 11.8. The van der Waals surface area contributed by atoms with E-state index in [0.717, 1.165) is 35.4 Å². The maximum atomic E-state index is 12.9. The Morgan fingerprint density at radius 2 is 2.03 bits per heavy atom. The van der Waals surface area contributed by atoms with E-state index in [0.29, 0.717) is 27.3 Å². The number of thioether (sulfide) groups is 1. The molecule has 2 N–H and O–H groups in total.